The second-order valence-corrected chi connectivity index (χ2v) is 5.54. The molecule has 3 N–H and O–H groups in total. The van der Waals surface area contributed by atoms with Crippen LogP contribution in [0.3, 0.4) is 0 Å². The minimum atomic E-state index is -0.391. The Kier molecular flexibility index (Phi) is 4.96. The lowest BCUT2D eigenvalue weighted by Gasteiger charge is -2.20. The molecule has 0 saturated carbocycles. The zero-order valence-electron chi connectivity index (χ0n) is 9.63. The second kappa shape index (κ2) is 6.31. The number of nitrogens with two attached hydrogens (primary N) is 1. The predicted molar refractivity (Wildman–Crippen MR) is 82.1 cm³/mol. The highest BCUT2D eigenvalue weighted by Crippen LogP contribution is 2.36. The predicted octanol–water partition coefficient (Wildman–Crippen LogP) is 4.85. The van der Waals surface area contributed by atoms with Crippen molar-refractivity contribution in [3.8, 4) is 0 Å². The lowest BCUT2D eigenvalue weighted by molar-refractivity contribution is 0.637. The van der Waals surface area contributed by atoms with Crippen molar-refractivity contribution in [2.24, 2.45) is 5.84 Å². The number of hydrazine groups is 1. The van der Waals surface area contributed by atoms with Gasteiger partial charge in [0.25, 0.3) is 0 Å². The van der Waals surface area contributed by atoms with Crippen LogP contribution in [0.5, 0.6) is 0 Å². The van der Waals surface area contributed by atoms with Crippen LogP contribution in [-0.2, 0) is 0 Å². The maximum atomic E-state index is 6.21. The van der Waals surface area contributed by atoms with Crippen LogP contribution in [0.15, 0.2) is 36.4 Å². The maximum absolute atomic E-state index is 6.21. The van der Waals surface area contributed by atoms with Gasteiger partial charge in [0.15, 0.2) is 0 Å². The van der Waals surface area contributed by atoms with E-state index in [0.29, 0.717) is 20.1 Å². The first-order valence-electron chi connectivity index (χ1n) is 5.39. The molecule has 2 nitrogen and oxygen atoms in total. The lowest BCUT2D eigenvalue weighted by atomic mass is 9.99. The van der Waals surface area contributed by atoms with Crippen LogP contribution in [0, 0.1) is 0 Å². The molecular weight excluding hydrogens is 326 g/mol. The van der Waals surface area contributed by atoms with Crippen LogP contribution < -0.4 is 11.3 Å². The minimum absolute atomic E-state index is 0.391. The van der Waals surface area contributed by atoms with Crippen LogP contribution in [0.1, 0.15) is 17.2 Å². The third-order valence-corrected chi connectivity index (χ3v) is 4.14. The molecule has 100 valence electrons. The van der Waals surface area contributed by atoms with E-state index in [0.717, 1.165) is 11.1 Å². The number of hydrogen-bond acceptors (Lipinski definition) is 2. The number of benzene rings is 2. The molecule has 2 rings (SSSR count). The van der Waals surface area contributed by atoms with Gasteiger partial charge in [-0.15, -0.1) is 0 Å². The number of hydrogen-bond donors (Lipinski definition) is 2. The number of halogens is 4. The quantitative estimate of drug-likeness (QED) is 0.621. The molecule has 0 radical (unpaired) electrons. The smallest absolute Gasteiger partial charge is 0.0740 e. The van der Waals surface area contributed by atoms with Crippen molar-refractivity contribution in [1.29, 1.82) is 0 Å². The van der Waals surface area contributed by atoms with Crippen molar-refractivity contribution >= 4 is 46.4 Å². The molecule has 19 heavy (non-hydrogen) atoms. The van der Waals surface area contributed by atoms with E-state index in [-0.39, 0.29) is 0 Å². The highest BCUT2D eigenvalue weighted by molar-refractivity contribution is 6.42. The minimum Gasteiger partial charge on any atom is -0.271 e. The van der Waals surface area contributed by atoms with Crippen molar-refractivity contribution in [2.45, 2.75) is 6.04 Å². The first-order chi connectivity index (χ1) is 9.04. The van der Waals surface area contributed by atoms with Crippen molar-refractivity contribution in [1.82, 2.24) is 5.43 Å². The van der Waals surface area contributed by atoms with Crippen LogP contribution in [-0.4, -0.2) is 0 Å². The molecule has 1 atom stereocenters. The Morgan fingerprint density at radius 3 is 2.32 bits per heavy atom. The van der Waals surface area contributed by atoms with E-state index in [1.807, 2.05) is 6.07 Å². The third-order valence-electron chi connectivity index (χ3n) is 2.73. The molecule has 0 aliphatic heterocycles. The Hall–Kier alpha value is -0.480. The Labute approximate surface area is 131 Å². The van der Waals surface area contributed by atoms with Gasteiger partial charge in [0.2, 0.25) is 0 Å². The first-order valence-corrected chi connectivity index (χ1v) is 6.90. The largest absolute Gasteiger partial charge is 0.271 e. The van der Waals surface area contributed by atoms with E-state index in [4.69, 9.17) is 52.2 Å². The lowest BCUT2D eigenvalue weighted by Crippen LogP contribution is -2.29. The summed E-state index contributed by atoms with van der Waals surface area (Å²) in [6, 6.07) is 10.1. The summed E-state index contributed by atoms with van der Waals surface area (Å²) in [6.45, 7) is 0. The van der Waals surface area contributed by atoms with E-state index in [2.05, 4.69) is 5.43 Å². The average Bonchev–Trinajstić information content (AvgIpc) is 2.39. The monoisotopic (exact) mass is 334 g/mol. The van der Waals surface area contributed by atoms with E-state index >= 15 is 0 Å². The van der Waals surface area contributed by atoms with E-state index < -0.39 is 6.04 Å². The molecule has 0 aliphatic carbocycles. The van der Waals surface area contributed by atoms with Crippen molar-refractivity contribution in [2.75, 3.05) is 0 Å². The van der Waals surface area contributed by atoms with Crippen molar-refractivity contribution in [3.63, 3.8) is 0 Å². The Morgan fingerprint density at radius 1 is 0.895 bits per heavy atom. The van der Waals surface area contributed by atoms with Crippen molar-refractivity contribution in [3.05, 3.63) is 67.6 Å². The molecule has 2 aromatic carbocycles. The first kappa shape index (κ1) is 14.9. The fraction of sp³-hybridized carbons (Fsp3) is 0.0769. The molecule has 1 unspecified atom stereocenters. The van der Waals surface area contributed by atoms with Gasteiger partial charge in [0, 0.05) is 10.0 Å². The van der Waals surface area contributed by atoms with Crippen LogP contribution >= 0.6 is 46.4 Å². The van der Waals surface area contributed by atoms with Gasteiger partial charge in [-0.3, -0.25) is 5.84 Å². The van der Waals surface area contributed by atoms with Crippen LogP contribution in [0.25, 0.3) is 0 Å². The van der Waals surface area contributed by atoms with Gasteiger partial charge >= 0.3 is 0 Å². The number of nitrogens with one attached hydrogen (secondary N) is 1. The maximum Gasteiger partial charge on any atom is 0.0740 e. The Morgan fingerprint density at radius 2 is 1.63 bits per heavy atom. The van der Waals surface area contributed by atoms with Gasteiger partial charge in [0.05, 0.1) is 16.1 Å². The molecule has 0 bridgehead atoms. The molecule has 0 aromatic heterocycles. The summed E-state index contributed by atoms with van der Waals surface area (Å²) in [5.41, 5.74) is 4.16. The molecule has 0 aliphatic rings. The van der Waals surface area contributed by atoms with Crippen molar-refractivity contribution < 1.29 is 0 Å². The fourth-order valence-corrected chi connectivity index (χ4v) is 2.65. The Bertz CT molecular complexity index is 599. The number of rotatable bonds is 3. The van der Waals surface area contributed by atoms with Gasteiger partial charge < -0.3 is 0 Å². The normalized spacial score (nSPS) is 12.5. The highest BCUT2D eigenvalue weighted by atomic mass is 35.5. The molecule has 6 heteroatoms. The molecular formula is C13H10Cl4N2. The summed E-state index contributed by atoms with van der Waals surface area (Å²) < 4.78 is 0. The van der Waals surface area contributed by atoms with E-state index in [9.17, 15) is 0 Å². The average molecular weight is 336 g/mol. The highest BCUT2D eigenvalue weighted by Gasteiger charge is 2.19. The zero-order chi connectivity index (χ0) is 14.0. The fourth-order valence-electron chi connectivity index (χ4n) is 1.83. The van der Waals surface area contributed by atoms with Gasteiger partial charge in [-0.25, -0.2) is 5.43 Å². The summed E-state index contributed by atoms with van der Waals surface area (Å²) in [5.74, 6) is 5.62. The third kappa shape index (κ3) is 3.16. The molecule has 0 heterocycles. The summed E-state index contributed by atoms with van der Waals surface area (Å²) in [7, 11) is 0. The molecule has 0 amide bonds. The van der Waals surface area contributed by atoms with Gasteiger partial charge in [0.1, 0.15) is 0 Å². The zero-order valence-corrected chi connectivity index (χ0v) is 12.7. The summed E-state index contributed by atoms with van der Waals surface area (Å²) in [4.78, 5) is 0. The summed E-state index contributed by atoms with van der Waals surface area (Å²) in [5, 5.41) is 2.00. The molecule has 0 saturated heterocycles. The van der Waals surface area contributed by atoms with Crippen LogP contribution in [0.4, 0.5) is 0 Å². The van der Waals surface area contributed by atoms with E-state index in [1.165, 1.54) is 0 Å². The van der Waals surface area contributed by atoms with Crippen LogP contribution in [0.2, 0.25) is 20.1 Å². The second-order valence-electron chi connectivity index (χ2n) is 3.91. The standard InChI is InChI=1S/C13H10Cl4N2/c14-7-4-5-10(15)9(6-7)13(19-18)8-2-1-3-11(16)12(8)17/h1-6,13,19H,18H2. The molecule has 0 spiro atoms. The molecule has 0 fully saturated rings. The molecule has 2 aromatic rings. The Balaban J connectivity index is 2.56. The summed E-state index contributed by atoms with van der Waals surface area (Å²) >= 11 is 24.4. The summed E-state index contributed by atoms with van der Waals surface area (Å²) in [6.07, 6.45) is 0. The van der Waals surface area contributed by atoms with Gasteiger partial charge in [-0.1, -0.05) is 58.5 Å². The SMILES string of the molecule is NNC(c1cc(Cl)ccc1Cl)c1cccc(Cl)c1Cl. The van der Waals surface area contributed by atoms with Gasteiger partial charge in [-0.05, 0) is 35.4 Å². The topological polar surface area (TPSA) is 38.0 Å². The van der Waals surface area contributed by atoms with Gasteiger partial charge in [-0.2, -0.15) is 0 Å². The van der Waals surface area contributed by atoms with E-state index in [1.54, 1.807) is 30.3 Å².